The predicted octanol–water partition coefficient (Wildman–Crippen LogP) is 3.75. The number of nitrogens with one attached hydrogen (secondary N) is 1. The summed E-state index contributed by atoms with van der Waals surface area (Å²) >= 11 is 0. The third kappa shape index (κ3) is 3.92. The van der Waals surface area contributed by atoms with Gasteiger partial charge in [0.15, 0.2) is 0 Å². The van der Waals surface area contributed by atoms with Gasteiger partial charge in [-0.2, -0.15) is 0 Å². The normalized spacial score (nSPS) is 18.4. The molecule has 0 spiro atoms. The summed E-state index contributed by atoms with van der Waals surface area (Å²) in [7, 11) is 0. The Kier molecular flexibility index (Phi) is 4.99. The van der Waals surface area contributed by atoms with Crippen LogP contribution in [0.4, 0.5) is 5.69 Å². The maximum Gasteiger partial charge on any atom is 0.253 e. The average Bonchev–Trinajstić information content (AvgIpc) is 3.21. The van der Waals surface area contributed by atoms with Crippen LogP contribution in [0.1, 0.15) is 60.9 Å². The third-order valence-corrected chi connectivity index (χ3v) is 5.09. The second-order valence-electron chi connectivity index (χ2n) is 6.93. The molecule has 4 heteroatoms. The van der Waals surface area contributed by atoms with Gasteiger partial charge in [0.2, 0.25) is 5.91 Å². The lowest BCUT2D eigenvalue weighted by molar-refractivity contribution is -0.117. The number of rotatable bonds is 4. The van der Waals surface area contributed by atoms with E-state index >= 15 is 0 Å². The fourth-order valence-electron chi connectivity index (χ4n) is 3.72. The Balaban J connectivity index is 1.62. The van der Waals surface area contributed by atoms with Crippen molar-refractivity contribution in [1.29, 1.82) is 0 Å². The van der Waals surface area contributed by atoms with Crippen molar-refractivity contribution in [2.24, 2.45) is 5.92 Å². The summed E-state index contributed by atoms with van der Waals surface area (Å²) in [5.74, 6) is 0.749. The van der Waals surface area contributed by atoms with Gasteiger partial charge in [0, 0.05) is 30.8 Å². The van der Waals surface area contributed by atoms with Crippen molar-refractivity contribution < 1.29 is 9.59 Å². The Bertz CT molecular complexity index is 585. The van der Waals surface area contributed by atoms with Gasteiger partial charge in [-0.3, -0.25) is 9.59 Å². The largest absolute Gasteiger partial charge is 0.339 e. The minimum atomic E-state index is 0.0959. The molecule has 1 heterocycles. The number of aryl methyl sites for hydroxylation is 1. The highest BCUT2D eigenvalue weighted by atomic mass is 16.2. The maximum atomic E-state index is 12.4. The van der Waals surface area contributed by atoms with Crippen LogP contribution in [-0.4, -0.2) is 29.8 Å². The van der Waals surface area contributed by atoms with Crippen LogP contribution in [0, 0.1) is 12.8 Å². The molecule has 1 aromatic rings. The molecule has 0 aromatic heterocycles. The summed E-state index contributed by atoms with van der Waals surface area (Å²) in [5.41, 5.74) is 2.50. The van der Waals surface area contributed by atoms with E-state index in [-0.39, 0.29) is 11.8 Å². The summed E-state index contributed by atoms with van der Waals surface area (Å²) < 4.78 is 0. The zero-order valence-corrected chi connectivity index (χ0v) is 13.9. The van der Waals surface area contributed by atoms with Crippen molar-refractivity contribution in [3.63, 3.8) is 0 Å². The number of benzene rings is 1. The summed E-state index contributed by atoms with van der Waals surface area (Å²) in [6.07, 6.45) is 7.67. The molecule has 1 aromatic carbocycles. The first-order valence-electron chi connectivity index (χ1n) is 8.83. The fourth-order valence-corrected chi connectivity index (χ4v) is 3.72. The molecular formula is C19H26N2O2. The Morgan fingerprint density at radius 3 is 2.48 bits per heavy atom. The molecular weight excluding hydrogens is 288 g/mol. The Hall–Kier alpha value is -1.84. The molecule has 1 aliphatic heterocycles. The second kappa shape index (κ2) is 7.16. The van der Waals surface area contributed by atoms with Crippen LogP contribution in [0.15, 0.2) is 18.2 Å². The molecule has 124 valence electrons. The van der Waals surface area contributed by atoms with Gasteiger partial charge in [0.25, 0.3) is 5.91 Å². The molecule has 1 N–H and O–H groups in total. The summed E-state index contributed by atoms with van der Waals surface area (Å²) in [5, 5.41) is 3.01. The van der Waals surface area contributed by atoms with Crippen LogP contribution in [-0.2, 0) is 4.79 Å². The lowest BCUT2D eigenvalue weighted by Crippen LogP contribution is -2.27. The van der Waals surface area contributed by atoms with Crippen molar-refractivity contribution in [2.45, 2.75) is 51.9 Å². The van der Waals surface area contributed by atoms with Gasteiger partial charge in [0.05, 0.1) is 0 Å². The van der Waals surface area contributed by atoms with E-state index in [1.165, 1.54) is 25.7 Å². The Labute approximate surface area is 138 Å². The third-order valence-electron chi connectivity index (χ3n) is 5.09. The van der Waals surface area contributed by atoms with Gasteiger partial charge in [-0.1, -0.05) is 12.8 Å². The lowest BCUT2D eigenvalue weighted by atomic mass is 10.0. The van der Waals surface area contributed by atoms with Crippen molar-refractivity contribution >= 4 is 17.5 Å². The highest BCUT2D eigenvalue weighted by Crippen LogP contribution is 2.28. The molecule has 23 heavy (non-hydrogen) atoms. The van der Waals surface area contributed by atoms with Crippen molar-refractivity contribution in [3.05, 3.63) is 29.3 Å². The standard InChI is InChI=1S/C19H26N2O2/c1-14-12-16(19(23)21-10-4-5-11-21)8-9-17(14)20-18(22)13-15-6-2-3-7-15/h8-9,12,15H,2-7,10-11,13H2,1H3,(H,20,22). The lowest BCUT2D eigenvalue weighted by Gasteiger charge is -2.17. The molecule has 0 atom stereocenters. The van der Waals surface area contributed by atoms with E-state index in [2.05, 4.69) is 5.32 Å². The van der Waals surface area contributed by atoms with Gasteiger partial charge in [0.1, 0.15) is 0 Å². The number of nitrogens with zero attached hydrogens (tertiary/aromatic N) is 1. The average molecular weight is 314 g/mol. The van der Waals surface area contributed by atoms with E-state index in [1.54, 1.807) is 0 Å². The van der Waals surface area contributed by atoms with Crippen LogP contribution >= 0.6 is 0 Å². The summed E-state index contributed by atoms with van der Waals surface area (Å²) in [6, 6.07) is 5.59. The number of carbonyl (C=O) groups is 2. The number of hydrogen-bond acceptors (Lipinski definition) is 2. The van der Waals surface area contributed by atoms with Gasteiger partial charge in [-0.05, 0) is 62.3 Å². The molecule has 2 fully saturated rings. The first kappa shape index (κ1) is 16.0. The number of hydrogen-bond donors (Lipinski definition) is 1. The van der Waals surface area contributed by atoms with E-state index < -0.39 is 0 Å². The predicted molar refractivity (Wildman–Crippen MR) is 91.5 cm³/mol. The van der Waals surface area contributed by atoms with Gasteiger partial charge >= 0.3 is 0 Å². The van der Waals surface area contributed by atoms with E-state index in [0.717, 1.165) is 42.7 Å². The van der Waals surface area contributed by atoms with E-state index in [0.29, 0.717) is 12.3 Å². The van der Waals surface area contributed by atoms with Crippen LogP contribution in [0.3, 0.4) is 0 Å². The monoisotopic (exact) mass is 314 g/mol. The molecule has 0 unspecified atom stereocenters. The Morgan fingerprint density at radius 2 is 1.83 bits per heavy atom. The molecule has 4 nitrogen and oxygen atoms in total. The molecule has 0 bridgehead atoms. The molecule has 2 aliphatic rings. The molecule has 1 aliphatic carbocycles. The van der Waals surface area contributed by atoms with E-state index in [4.69, 9.17) is 0 Å². The number of anilines is 1. The SMILES string of the molecule is Cc1cc(C(=O)N2CCCC2)ccc1NC(=O)CC1CCCC1. The van der Waals surface area contributed by atoms with Gasteiger partial charge in [-0.15, -0.1) is 0 Å². The minimum Gasteiger partial charge on any atom is -0.339 e. The topological polar surface area (TPSA) is 49.4 Å². The highest BCUT2D eigenvalue weighted by molar-refractivity contribution is 5.96. The minimum absolute atomic E-state index is 0.0959. The first-order valence-corrected chi connectivity index (χ1v) is 8.83. The summed E-state index contributed by atoms with van der Waals surface area (Å²) in [6.45, 7) is 3.67. The highest BCUT2D eigenvalue weighted by Gasteiger charge is 2.21. The second-order valence-corrected chi connectivity index (χ2v) is 6.93. The van der Waals surface area contributed by atoms with Crippen molar-refractivity contribution in [1.82, 2.24) is 4.90 Å². The van der Waals surface area contributed by atoms with Gasteiger partial charge in [-0.25, -0.2) is 0 Å². The van der Waals surface area contributed by atoms with Crippen LogP contribution in [0.5, 0.6) is 0 Å². The van der Waals surface area contributed by atoms with Crippen LogP contribution in [0.2, 0.25) is 0 Å². The van der Waals surface area contributed by atoms with E-state index in [9.17, 15) is 9.59 Å². The number of amides is 2. The zero-order chi connectivity index (χ0) is 16.2. The molecule has 2 amide bonds. The zero-order valence-electron chi connectivity index (χ0n) is 13.9. The summed E-state index contributed by atoms with van der Waals surface area (Å²) in [4.78, 5) is 26.5. The number of likely N-dealkylation sites (tertiary alicyclic amines) is 1. The molecule has 0 radical (unpaired) electrons. The first-order chi connectivity index (χ1) is 11.1. The van der Waals surface area contributed by atoms with Crippen molar-refractivity contribution in [3.8, 4) is 0 Å². The van der Waals surface area contributed by atoms with Gasteiger partial charge < -0.3 is 10.2 Å². The molecule has 3 rings (SSSR count). The smallest absolute Gasteiger partial charge is 0.253 e. The van der Waals surface area contributed by atoms with E-state index in [1.807, 2.05) is 30.0 Å². The fraction of sp³-hybridized carbons (Fsp3) is 0.579. The van der Waals surface area contributed by atoms with Crippen molar-refractivity contribution in [2.75, 3.05) is 18.4 Å². The number of carbonyl (C=O) groups excluding carboxylic acids is 2. The quantitative estimate of drug-likeness (QED) is 0.920. The Morgan fingerprint density at radius 1 is 1.13 bits per heavy atom. The van der Waals surface area contributed by atoms with Crippen LogP contribution in [0.25, 0.3) is 0 Å². The molecule has 1 saturated carbocycles. The maximum absolute atomic E-state index is 12.4. The molecule has 1 saturated heterocycles. The van der Waals surface area contributed by atoms with Crippen LogP contribution < -0.4 is 5.32 Å².